The molecule has 124 valence electrons. The Labute approximate surface area is 142 Å². The minimum Gasteiger partial charge on any atom is -0.492 e. The van der Waals surface area contributed by atoms with Crippen LogP contribution in [0, 0.1) is 0 Å². The molecular weight excluding hydrogens is 300 g/mol. The number of hydrogen-bond donors (Lipinski definition) is 1. The zero-order valence-electron chi connectivity index (χ0n) is 13.8. The van der Waals surface area contributed by atoms with Gasteiger partial charge in [-0.2, -0.15) is 0 Å². The maximum absolute atomic E-state index is 12.3. The van der Waals surface area contributed by atoms with Gasteiger partial charge in [0.2, 0.25) is 0 Å². The first-order chi connectivity index (χ1) is 11.8. The number of benzene rings is 2. The molecule has 4 heteroatoms. The summed E-state index contributed by atoms with van der Waals surface area (Å²) >= 11 is 0. The lowest BCUT2D eigenvalue weighted by Gasteiger charge is -2.18. The Hall–Kier alpha value is -2.49. The number of aryl methyl sites for hydroxylation is 2. The highest BCUT2D eigenvalue weighted by atomic mass is 16.5. The van der Waals surface area contributed by atoms with Crippen molar-refractivity contribution in [2.45, 2.75) is 25.7 Å². The molecule has 4 nitrogen and oxygen atoms in total. The second kappa shape index (κ2) is 6.56. The van der Waals surface area contributed by atoms with Gasteiger partial charge in [-0.05, 0) is 60.6 Å². The molecule has 1 heterocycles. The normalized spacial score (nSPS) is 15.1. The third-order valence-electron chi connectivity index (χ3n) is 4.85. The van der Waals surface area contributed by atoms with Crippen molar-refractivity contribution in [3.8, 4) is 5.75 Å². The summed E-state index contributed by atoms with van der Waals surface area (Å²) in [4.78, 5) is 14.1. The molecular formula is C20H22N2O2. The van der Waals surface area contributed by atoms with E-state index in [1.54, 1.807) is 0 Å². The standard InChI is InChI=1S/C20H22N2O2/c23-20(22-12-10-16-4-1-2-7-19(16)22)21-11-13-24-18-9-8-15-5-3-6-17(15)14-18/h1-2,4,7-9,14H,3,5-6,10-13H2,(H,21,23). The predicted octanol–water partition coefficient (Wildman–Crippen LogP) is 3.33. The van der Waals surface area contributed by atoms with E-state index in [0.717, 1.165) is 30.8 Å². The van der Waals surface area contributed by atoms with Crippen molar-refractivity contribution in [2.24, 2.45) is 0 Å². The number of para-hydroxylation sites is 1. The lowest BCUT2D eigenvalue weighted by Crippen LogP contribution is -2.40. The Morgan fingerprint density at radius 1 is 1.04 bits per heavy atom. The summed E-state index contributed by atoms with van der Waals surface area (Å²) in [5.74, 6) is 0.899. The van der Waals surface area contributed by atoms with Crippen molar-refractivity contribution >= 4 is 11.7 Å². The molecule has 2 amide bonds. The molecule has 4 rings (SSSR count). The Morgan fingerprint density at radius 3 is 2.88 bits per heavy atom. The summed E-state index contributed by atoms with van der Waals surface area (Å²) in [7, 11) is 0. The van der Waals surface area contributed by atoms with E-state index >= 15 is 0 Å². The molecule has 2 aromatic carbocycles. The average molecular weight is 322 g/mol. The fraction of sp³-hybridized carbons (Fsp3) is 0.350. The van der Waals surface area contributed by atoms with Gasteiger partial charge in [-0.15, -0.1) is 0 Å². The molecule has 0 bridgehead atoms. The molecule has 1 aliphatic heterocycles. The Bertz CT molecular complexity index is 757. The molecule has 0 fully saturated rings. The predicted molar refractivity (Wildman–Crippen MR) is 94.9 cm³/mol. The van der Waals surface area contributed by atoms with Crippen LogP contribution in [-0.4, -0.2) is 25.7 Å². The van der Waals surface area contributed by atoms with Gasteiger partial charge in [0.1, 0.15) is 12.4 Å². The summed E-state index contributed by atoms with van der Waals surface area (Å²) in [6.45, 7) is 1.74. The Morgan fingerprint density at radius 2 is 1.92 bits per heavy atom. The molecule has 0 saturated carbocycles. The van der Waals surface area contributed by atoms with Gasteiger partial charge in [-0.25, -0.2) is 4.79 Å². The largest absolute Gasteiger partial charge is 0.492 e. The van der Waals surface area contributed by atoms with E-state index in [9.17, 15) is 4.79 Å². The van der Waals surface area contributed by atoms with Crippen LogP contribution in [-0.2, 0) is 19.3 Å². The maximum Gasteiger partial charge on any atom is 0.322 e. The number of urea groups is 1. The topological polar surface area (TPSA) is 41.6 Å². The van der Waals surface area contributed by atoms with Gasteiger partial charge >= 0.3 is 6.03 Å². The highest BCUT2D eigenvalue weighted by Gasteiger charge is 2.23. The molecule has 2 aromatic rings. The second-order valence-electron chi connectivity index (χ2n) is 6.39. The molecule has 0 saturated heterocycles. The van der Waals surface area contributed by atoms with Gasteiger partial charge in [0.15, 0.2) is 0 Å². The second-order valence-corrected chi connectivity index (χ2v) is 6.39. The van der Waals surface area contributed by atoms with Crippen LogP contribution in [0.2, 0.25) is 0 Å². The van der Waals surface area contributed by atoms with Gasteiger partial charge < -0.3 is 10.1 Å². The number of carbonyl (C=O) groups is 1. The van der Waals surface area contributed by atoms with Crippen LogP contribution in [0.15, 0.2) is 42.5 Å². The molecule has 0 atom stereocenters. The van der Waals surface area contributed by atoms with E-state index in [0.29, 0.717) is 13.2 Å². The van der Waals surface area contributed by atoms with Gasteiger partial charge in [-0.1, -0.05) is 24.3 Å². The van der Waals surface area contributed by atoms with Crippen LogP contribution in [0.4, 0.5) is 10.5 Å². The van der Waals surface area contributed by atoms with Crippen molar-refractivity contribution in [1.82, 2.24) is 5.32 Å². The fourth-order valence-electron chi connectivity index (χ4n) is 3.61. The van der Waals surface area contributed by atoms with E-state index in [4.69, 9.17) is 4.74 Å². The zero-order valence-corrected chi connectivity index (χ0v) is 13.8. The number of hydrogen-bond acceptors (Lipinski definition) is 2. The van der Waals surface area contributed by atoms with Gasteiger partial charge in [0, 0.05) is 12.2 Å². The zero-order chi connectivity index (χ0) is 16.4. The van der Waals surface area contributed by atoms with Gasteiger partial charge in [0.05, 0.1) is 6.54 Å². The SMILES string of the molecule is O=C(NCCOc1ccc2c(c1)CCC2)N1CCc2ccccc21. The summed E-state index contributed by atoms with van der Waals surface area (Å²) in [5, 5.41) is 2.95. The number of amides is 2. The first-order valence-corrected chi connectivity index (χ1v) is 8.69. The van der Waals surface area contributed by atoms with Gasteiger partial charge in [-0.3, -0.25) is 4.90 Å². The van der Waals surface area contributed by atoms with Gasteiger partial charge in [0.25, 0.3) is 0 Å². The highest BCUT2D eigenvalue weighted by molar-refractivity contribution is 5.94. The van der Waals surface area contributed by atoms with E-state index in [1.807, 2.05) is 29.2 Å². The van der Waals surface area contributed by atoms with Crippen molar-refractivity contribution in [3.05, 3.63) is 59.2 Å². The molecule has 1 N–H and O–H groups in total. The van der Waals surface area contributed by atoms with E-state index in [-0.39, 0.29) is 6.03 Å². The molecule has 0 radical (unpaired) electrons. The van der Waals surface area contributed by atoms with Crippen LogP contribution in [0.1, 0.15) is 23.1 Å². The summed E-state index contributed by atoms with van der Waals surface area (Å²) in [5.41, 5.74) is 5.12. The highest BCUT2D eigenvalue weighted by Crippen LogP contribution is 2.27. The number of fused-ring (bicyclic) bond motifs is 2. The fourth-order valence-corrected chi connectivity index (χ4v) is 3.61. The quantitative estimate of drug-likeness (QED) is 0.877. The van der Waals surface area contributed by atoms with E-state index in [2.05, 4.69) is 23.5 Å². The first kappa shape index (κ1) is 15.1. The minimum absolute atomic E-state index is 0.0440. The van der Waals surface area contributed by atoms with Crippen molar-refractivity contribution < 1.29 is 9.53 Å². The summed E-state index contributed by atoms with van der Waals surface area (Å²) < 4.78 is 5.78. The van der Waals surface area contributed by atoms with Crippen LogP contribution in [0.25, 0.3) is 0 Å². The third kappa shape index (κ3) is 2.96. The van der Waals surface area contributed by atoms with Crippen molar-refractivity contribution in [3.63, 3.8) is 0 Å². The lowest BCUT2D eigenvalue weighted by molar-refractivity contribution is 0.242. The minimum atomic E-state index is -0.0440. The van der Waals surface area contributed by atoms with Crippen LogP contribution in [0.5, 0.6) is 5.75 Å². The monoisotopic (exact) mass is 322 g/mol. The Balaban J connectivity index is 1.27. The van der Waals surface area contributed by atoms with E-state index in [1.165, 1.54) is 29.5 Å². The molecule has 2 aliphatic rings. The van der Waals surface area contributed by atoms with E-state index < -0.39 is 0 Å². The van der Waals surface area contributed by atoms with Crippen LogP contribution < -0.4 is 15.0 Å². The number of anilines is 1. The lowest BCUT2D eigenvalue weighted by atomic mass is 10.1. The molecule has 24 heavy (non-hydrogen) atoms. The smallest absolute Gasteiger partial charge is 0.322 e. The Kier molecular flexibility index (Phi) is 4.11. The number of nitrogens with one attached hydrogen (secondary N) is 1. The molecule has 0 aromatic heterocycles. The molecule has 1 aliphatic carbocycles. The maximum atomic E-state index is 12.3. The molecule has 0 unspecified atom stereocenters. The number of rotatable bonds is 4. The summed E-state index contributed by atoms with van der Waals surface area (Å²) in [6.07, 6.45) is 4.50. The first-order valence-electron chi connectivity index (χ1n) is 8.69. The number of ether oxygens (including phenoxy) is 1. The van der Waals surface area contributed by atoms with Crippen LogP contribution >= 0.6 is 0 Å². The van der Waals surface area contributed by atoms with Crippen molar-refractivity contribution in [1.29, 1.82) is 0 Å². The average Bonchev–Trinajstić information content (AvgIpc) is 3.24. The summed E-state index contributed by atoms with van der Waals surface area (Å²) in [6, 6.07) is 14.4. The number of nitrogens with zero attached hydrogens (tertiary/aromatic N) is 1. The number of carbonyl (C=O) groups excluding carboxylic acids is 1. The molecule has 0 spiro atoms. The van der Waals surface area contributed by atoms with Crippen LogP contribution in [0.3, 0.4) is 0 Å². The third-order valence-corrected chi connectivity index (χ3v) is 4.85. The van der Waals surface area contributed by atoms with Crippen molar-refractivity contribution in [2.75, 3.05) is 24.6 Å².